The van der Waals surface area contributed by atoms with E-state index in [-0.39, 0.29) is 0 Å². The summed E-state index contributed by atoms with van der Waals surface area (Å²) in [7, 11) is 1.75. The highest BCUT2D eigenvalue weighted by atomic mass is 19.4. The van der Waals surface area contributed by atoms with Crippen LogP contribution in [0.15, 0.2) is 79.1 Å². The normalized spacial score (nSPS) is 12.9. The van der Waals surface area contributed by atoms with Crippen LogP contribution in [0.25, 0.3) is 22.5 Å². The summed E-state index contributed by atoms with van der Waals surface area (Å²) in [5, 5.41) is 15.2. The van der Waals surface area contributed by atoms with Crippen molar-refractivity contribution in [3.05, 3.63) is 95.8 Å². The van der Waals surface area contributed by atoms with Crippen molar-refractivity contribution in [2.45, 2.75) is 31.9 Å². The van der Waals surface area contributed by atoms with Crippen LogP contribution in [0, 0.1) is 0 Å². The second-order valence-electron chi connectivity index (χ2n) is 9.76. The molecule has 8 nitrogen and oxygen atoms in total. The Hall–Kier alpha value is -5.06. The van der Waals surface area contributed by atoms with E-state index in [0.29, 0.717) is 40.3 Å². The summed E-state index contributed by atoms with van der Waals surface area (Å²) < 4.78 is 45.3. The highest BCUT2D eigenvalue weighted by Crippen LogP contribution is 2.36. The Kier molecular flexibility index (Phi) is 7.39. The number of anilines is 3. The number of hydrogen-bond donors (Lipinski definition) is 2. The fraction of sp³-hybridized carbons (Fsp3) is 0.194. The van der Waals surface area contributed by atoms with Crippen molar-refractivity contribution in [2.75, 3.05) is 17.7 Å². The summed E-state index contributed by atoms with van der Waals surface area (Å²) in [4.78, 5) is 13.1. The third-order valence-corrected chi connectivity index (χ3v) is 7.03. The molecule has 0 amide bonds. The number of halogens is 3. The predicted molar refractivity (Wildman–Crippen MR) is 154 cm³/mol. The first kappa shape index (κ1) is 27.1. The minimum Gasteiger partial charge on any atom is -0.438 e. The number of nitrogens with one attached hydrogen (secondary N) is 2. The second kappa shape index (κ2) is 11.4. The van der Waals surface area contributed by atoms with Crippen LogP contribution in [0.4, 0.5) is 30.6 Å². The summed E-state index contributed by atoms with van der Waals surface area (Å²) >= 11 is 0. The van der Waals surface area contributed by atoms with Gasteiger partial charge in [-0.2, -0.15) is 13.2 Å². The molecule has 0 radical (unpaired) electrons. The van der Waals surface area contributed by atoms with Gasteiger partial charge in [0.05, 0.1) is 22.5 Å². The third-order valence-electron chi connectivity index (χ3n) is 7.03. The van der Waals surface area contributed by atoms with Crippen LogP contribution in [0.2, 0.25) is 0 Å². The molecule has 0 atom stereocenters. The zero-order chi connectivity index (χ0) is 29.1. The van der Waals surface area contributed by atoms with Crippen molar-refractivity contribution >= 4 is 17.5 Å². The molecule has 6 rings (SSSR count). The van der Waals surface area contributed by atoms with Crippen molar-refractivity contribution in [1.29, 1.82) is 0 Å². The molecule has 0 saturated carbocycles. The zero-order valence-corrected chi connectivity index (χ0v) is 22.6. The van der Waals surface area contributed by atoms with Crippen LogP contribution < -0.4 is 15.4 Å². The van der Waals surface area contributed by atoms with Gasteiger partial charge in [0.15, 0.2) is 5.82 Å². The van der Waals surface area contributed by atoms with Gasteiger partial charge in [-0.3, -0.25) is 0 Å². The molecule has 2 aromatic carbocycles. The zero-order valence-electron chi connectivity index (χ0n) is 22.6. The number of fused-ring (bicyclic) bond motifs is 1. The first-order chi connectivity index (χ1) is 20.4. The summed E-state index contributed by atoms with van der Waals surface area (Å²) in [5.41, 5.74) is 4.83. The van der Waals surface area contributed by atoms with E-state index in [9.17, 15) is 13.2 Å². The van der Waals surface area contributed by atoms with Gasteiger partial charge in [0.25, 0.3) is 0 Å². The van der Waals surface area contributed by atoms with E-state index < -0.39 is 11.7 Å². The lowest BCUT2D eigenvalue weighted by atomic mass is 9.89. The quantitative estimate of drug-likeness (QED) is 0.208. The average Bonchev–Trinajstić information content (AvgIpc) is 3.02. The Morgan fingerprint density at radius 1 is 0.810 bits per heavy atom. The molecule has 2 N–H and O–H groups in total. The molecule has 0 aliphatic heterocycles. The monoisotopic (exact) mass is 569 g/mol. The van der Waals surface area contributed by atoms with Gasteiger partial charge >= 0.3 is 6.18 Å². The first-order valence-corrected chi connectivity index (χ1v) is 13.5. The smallest absolute Gasteiger partial charge is 0.416 e. The maximum absolute atomic E-state index is 13.0. The van der Waals surface area contributed by atoms with Gasteiger partial charge in [0.2, 0.25) is 11.8 Å². The Balaban J connectivity index is 1.22. The predicted octanol–water partition coefficient (Wildman–Crippen LogP) is 7.47. The molecule has 0 saturated heterocycles. The van der Waals surface area contributed by atoms with Gasteiger partial charge < -0.3 is 15.4 Å². The molecule has 3 heterocycles. The van der Waals surface area contributed by atoms with Gasteiger partial charge in [-0.05, 0) is 85.8 Å². The van der Waals surface area contributed by atoms with Gasteiger partial charge in [-0.1, -0.05) is 12.1 Å². The molecule has 5 aromatic rings. The van der Waals surface area contributed by atoms with Crippen molar-refractivity contribution in [3.8, 4) is 34.1 Å². The summed E-state index contributed by atoms with van der Waals surface area (Å²) in [6.07, 6.45) is 2.53. The summed E-state index contributed by atoms with van der Waals surface area (Å²) in [6, 6.07) is 18.0. The van der Waals surface area contributed by atoms with Crippen LogP contribution >= 0.6 is 0 Å². The minimum atomic E-state index is -4.38. The van der Waals surface area contributed by atoms with E-state index in [4.69, 9.17) is 4.74 Å². The fourth-order valence-electron chi connectivity index (χ4n) is 4.95. The maximum Gasteiger partial charge on any atom is 0.416 e. The number of nitrogens with zero attached hydrogens (tertiary/aromatic N) is 5. The molecule has 0 bridgehead atoms. The number of rotatable bonds is 7. The van der Waals surface area contributed by atoms with E-state index in [1.807, 2.05) is 36.4 Å². The van der Waals surface area contributed by atoms with Crippen LogP contribution in [0.3, 0.4) is 0 Å². The van der Waals surface area contributed by atoms with Crippen molar-refractivity contribution in [1.82, 2.24) is 25.1 Å². The highest BCUT2D eigenvalue weighted by Gasteiger charge is 2.30. The second-order valence-corrected chi connectivity index (χ2v) is 9.76. The lowest BCUT2D eigenvalue weighted by Gasteiger charge is -2.21. The highest BCUT2D eigenvalue weighted by molar-refractivity contribution is 5.71. The molecule has 0 fully saturated rings. The van der Waals surface area contributed by atoms with Gasteiger partial charge in [0, 0.05) is 36.3 Å². The van der Waals surface area contributed by atoms with E-state index in [2.05, 4.69) is 35.8 Å². The maximum atomic E-state index is 13.0. The molecule has 0 unspecified atom stereocenters. The number of hydrogen-bond acceptors (Lipinski definition) is 8. The third kappa shape index (κ3) is 5.71. The van der Waals surface area contributed by atoms with Crippen LogP contribution in [-0.4, -0.2) is 32.2 Å². The molecule has 42 heavy (non-hydrogen) atoms. The van der Waals surface area contributed by atoms with Gasteiger partial charge in [0.1, 0.15) is 5.75 Å². The Morgan fingerprint density at radius 3 is 2.31 bits per heavy atom. The number of aromatic nitrogens is 5. The Labute approximate surface area is 240 Å². The molecule has 11 heteroatoms. The van der Waals surface area contributed by atoms with Crippen molar-refractivity contribution in [2.24, 2.45) is 0 Å². The molecule has 1 aliphatic carbocycles. The molecular weight excluding hydrogens is 543 g/mol. The first-order valence-electron chi connectivity index (χ1n) is 13.5. The van der Waals surface area contributed by atoms with E-state index >= 15 is 0 Å². The number of ether oxygens (including phenoxy) is 1. The summed E-state index contributed by atoms with van der Waals surface area (Å²) in [5.74, 6) is 2.15. The fourth-order valence-corrected chi connectivity index (χ4v) is 4.95. The molecule has 3 aromatic heterocycles. The molecule has 1 aliphatic rings. The SMILES string of the molecule is CNc1nccc(-c2cccnc2Oc2ccc(Nc3nnc(-c4ccc(C(F)(F)F)cc4)c4c3CCCC4)cc2)n1. The van der Waals surface area contributed by atoms with E-state index in [0.717, 1.165) is 60.2 Å². The van der Waals surface area contributed by atoms with Crippen molar-refractivity contribution < 1.29 is 17.9 Å². The number of alkyl halides is 3. The molecule has 0 spiro atoms. The molecular formula is C31H26F3N7O. The van der Waals surface area contributed by atoms with Gasteiger partial charge in [-0.25, -0.2) is 15.0 Å². The Morgan fingerprint density at radius 2 is 1.57 bits per heavy atom. The van der Waals surface area contributed by atoms with Crippen molar-refractivity contribution in [3.63, 3.8) is 0 Å². The standard InChI is InChI=1S/C31H26F3N7O/c1-35-30-37-18-16-26(39-30)25-7-4-17-36-29(25)42-22-14-12-21(13-15-22)38-28-24-6-3-2-5-23(24)27(40-41-28)19-8-10-20(11-9-19)31(32,33)34/h4,7-18H,2-3,5-6H2,1H3,(H,38,41)(H,35,37,39). The number of benzene rings is 2. The minimum absolute atomic E-state index is 0.415. The van der Waals surface area contributed by atoms with Crippen LogP contribution in [-0.2, 0) is 19.0 Å². The largest absolute Gasteiger partial charge is 0.438 e. The lowest BCUT2D eigenvalue weighted by Crippen LogP contribution is -2.12. The summed E-state index contributed by atoms with van der Waals surface area (Å²) in [6.45, 7) is 0. The number of pyridine rings is 1. The van der Waals surface area contributed by atoms with E-state index in [1.54, 1.807) is 25.5 Å². The van der Waals surface area contributed by atoms with Crippen LogP contribution in [0.5, 0.6) is 11.6 Å². The average molecular weight is 570 g/mol. The lowest BCUT2D eigenvalue weighted by molar-refractivity contribution is -0.137. The van der Waals surface area contributed by atoms with Gasteiger partial charge in [-0.15, -0.1) is 10.2 Å². The Bertz CT molecular complexity index is 1710. The topological polar surface area (TPSA) is 97.7 Å². The van der Waals surface area contributed by atoms with E-state index in [1.165, 1.54) is 12.1 Å². The molecule has 212 valence electrons. The van der Waals surface area contributed by atoms with Crippen LogP contribution in [0.1, 0.15) is 29.5 Å².